The first kappa shape index (κ1) is 22.6. The molecule has 0 aliphatic carbocycles. The van der Waals surface area contributed by atoms with Crippen molar-refractivity contribution in [1.29, 1.82) is 0 Å². The molecule has 2 aromatic carbocycles. The molecule has 0 spiro atoms. The van der Waals surface area contributed by atoms with Crippen LogP contribution in [0.5, 0.6) is 5.75 Å². The second-order valence-electron chi connectivity index (χ2n) is 7.81. The maximum absolute atomic E-state index is 13.8. The Morgan fingerprint density at radius 2 is 1.97 bits per heavy atom. The minimum absolute atomic E-state index is 0.00515. The summed E-state index contributed by atoms with van der Waals surface area (Å²) in [6.07, 6.45) is -3.84. The predicted molar refractivity (Wildman–Crippen MR) is 112 cm³/mol. The van der Waals surface area contributed by atoms with Crippen LogP contribution in [0, 0.1) is 0 Å². The maximum Gasteiger partial charge on any atom is 0.416 e. The number of carbonyl (C=O) groups is 1. The van der Waals surface area contributed by atoms with Crippen LogP contribution in [0.25, 0.3) is 11.4 Å². The van der Waals surface area contributed by atoms with Crippen molar-refractivity contribution in [2.45, 2.75) is 37.9 Å². The van der Waals surface area contributed by atoms with Gasteiger partial charge in [-0.25, -0.2) is 4.79 Å². The molecule has 0 bridgehead atoms. The third kappa shape index (κ3) is 4.94. The Morgan fingerprint density at radius 1 is 1.21 bits per heavy atom. The average Bonchev–Trinajstić information content (AvgIpc) is 3.47. The molecule has 0 unspecified atom stereocenters. The lowest BCUT2D eigenvalue weighted by Gasteiger charge is -2.17. The number of hydrogen-bond donors (Lipinski definition) is 1. The highest BCUT2D eigenvalue weighted by atomic mass is 19.4. The van der Waals surface area contributed by atoms with E-state index in [0.29, 0.717) is 31.6 Å². The van der Waals surface area contributed by atoms with Crippen molar-refractivity contribution < 1.29 is 32.3 Å². The molecule has 4 rings (SSSR count). The van der Waals surface area contributed by atoms with Gasteiger partial charge in [0, 0.05) is 12.1 Å². The molecular formula is C23H22F3N3O4. The smallest absolute Gasteiger partial charge is 0.416 e. The number of aromatic nitrogens is 2. The van der Waals surface area contributed by atoms with E-state index in [9.17, 15) is 23.1 Å². The van der Waals surface area contributed by atoms with Crippen LogP contribution in [0.4, 0.5) is 18.0 Å². The lowest BCUT2D eigenvalue weighted by molar-refractivity contribution is -0.138. The van der Waals surface area contributed by atoms with Gasteiger partial charge < -0.3 is 14.4 Å². The number of hydrogen-bond acceptors (Lipinski definition) is 5. The summed E-state index contributed by atoms with van der Waals surface area (Å²) in [5, 5.41) is 13.1. The van der Waals surface area contributed by atoms with Crippen molar-refractivity contribution in [3.8, 4) is 17.1 Å². The standard InChI is InChI=1S/C23H22F3N3O4/c1-32-17-10-5-14(6-11-17)4-7-15-8-9-16(13-18(15)23(24,25)26)20-27-21(33-28-20)19-3-2-12-29(19)22(30)31/h5-6,8-11,13,19H,2-4,7,12H2,1H3,(H,30,31)/t19-/m0/s1. The van der Waals surface area contributed by atoms with Crippen LogP contribution in [0.2, 0.25) is 0 Å². The van der Waals surface area contributed by atoms with E-state index in [0.717, 1.165) is 11.6 Å². The molecule has 1 aromatic heterocycles. The molecule has 1 aliphatic rings. The lowest BCUT2D eigenvalue weighted by atomic mass is 9.97. The van der Waals surface area contributed by atoms with Gasteiger partial charge in [-0.05, 0) is 55.0 Å². The second kappa shape index (κ2) is 9.13. The fourth-order valence-electron chi connectivity index (χ4n) is 4.01. The molecule has 10 heteroatoms. The van der Waals surface area contributed by atoms with Gasteiger partial charge in [0.1, 0.15) is 11.8 Å². The monoisotopic (exact) mass is 461 g/mol. The Balaban J connectivity index is 1.56. The number of alkyl halides is 3. The van der Waals surface area contributed by atoms with E-state index in [1.807, 2.05) is 12.1 Å². The number of rotatable bonds is 6. The zero-order valence-electron chi connectivity index (χ0n) is 17.8. The van der Waals surface area contributed by atoms with Crippen molar-refractivity contribution in [2.24, 2.45) is 0 Å². The highest BCUT2D eigenvalue weighted by Crippen LogP contribution is 2.36. The zero-order chi connectivity index (χ0) is 23.6. The summed E-state index contributed by atoms with van der Waals surface area (Å²) in [7, 11) is 1.55. The van der Waals surface area contributed by atoms with Gasteiger partial charge in [0.05, 0.1) is 12.7 Å². The van der Waals surface area contributed by atoms with E-state index in [-0.39, 0.29) is 29.3 Å². The van der Waals surface area contributed by atoms with E-state index in [1.54, 1.807) is 19.2 Å². The first-order valence-electron chi connectivity index (χ1n) is 10.4. The number of halogens is 3. The average molecular weight is 461 g/mol. The molecule has 0 radical (unpaired) electrons. The largest absolute Gasteiger partial charge is 0.497 e. The summed E-state index contributed by atoms with van der Waals surface area (Å²) in [6.45, 7) is 0.346. The molecule has 1 amide bonds. The molecule has 2 heterocycles. The van der Waals surface area contributed by atoms with Crippen molar-refractivity contribution in [3.05, 3.63) is 65.0 Å². The van der Waals surface area contributed by atoms with Crippen LogP contribution in [0.3, 0.4) is 0 Å². The predicted octanol–water partition coefficient (Wildman–Crippen LogP) is 5.36. The van der Waals surface area contributed by atoms with Crippen molar-refractivity contribution in [3.63, 3.8) is 0 Å². The first-order chi connectivity index (χ1) is 15.8. The molecule has 7 nitrogen and oxygen atoms in total. The van der Waals surface area contributed by atoms with E-state index in [2.05, 4.69) is 10.1 Å². The van der Waals surface area contributed by atoms with Gasteiger partial charge in [0.25, 0.3) is 0 Å². The van der Waals surface area contributed by atoms with Gasteiger partial charge >= 0.3 is 12.3 Å². The van der Waals surface area contributed by atoms with Gasteiger partial charge in [0.2, 0.25) is 11.7 Å². The van der Waals surface area contributed by atoms with Crippen LogP contribution in [-0.2, 0) is 19.0 Å². The fraction of sp³-hybridized carbons (Fsp3) is 0.348. The number of nitrogens with zero attached hydrogens (tertiary/aromatic N) is 3. The second-order valence-corrected chi connectivity index (χ2v) is 7.81. The van der Waals surface area contributed by atoms with Crippen LogP contribution >= 0.6 is 0 Å². The Kier molecular flexibility index (Phi) is 6.26. The highest BCUT2D eigenvalue weighted by molar-refractivity contribution is 5.66. The van der Waals surface area contributed by atoms with Crippen LogP contribution in [0.15, 0.2) is 47.0 Å². The zero-order valence-corrected chi connectivity index (χ0v) is 17.8. The Morgan fingerprint density at radius 3 is 2.64 bits per heavy atom. The number of aryl methyl sites for hydroxylation is 2. The Labute approximate surface area is 187 Å². The number of likely N-dealkylation sites (tertiary alicyclic amines) is 1. The molecule has 1 N–H and O–H groups in total. The van der Waals surface area contributed by atoms with E-state index in [1.165, 1.54) is 17.0 Å². The summed E-state index contributed by atoms with van der Waals surface area (Å²) in [6, 6.07) is 10.6. The number of amides is 1. The molecule has 1 saturated heterocycles. The summed E-state index contributed by atoms with van der Waals surface area (Å²) in [4.78, 5) is 16.7. The Hall–Kier alpha value is -3.56. The van der Waals surface area contributed by atoms with Crippen molar-refractivity contribution >= 4 is 6.09 Å². The molecule has 174 valence electrons. The maximum atomic E-state index is 13.8. The van der Waals surface area contributed by atoms with Gasteiger partial charge in [-0.2, -0.15) is 18.2 Å². The lowest BCUT2D eigenvalue weighted by Crippen LogP contribution is -2.28. The molecular weight excluding hydrogens is 439 g/mol. The summed E-state index contributed by atoms with van der Waals surface area (Å²) < 4.78 is 51.7. The van der Waals surface area contributed by atoms with Gasteiger partial charge in [-0.15, -0.1) is 0 Å². The first-order valence-corrected chi connectivity index (χ1v) is 10.4. The molecule has 1 fully saturated rings. The summed E-state index contributed by atoms with van der Waals surface area (Å²) in [5.74, 6) is 0.763. The molecule has 3 aromatic rings. The van der Waals surface area contributed by atoms with Gasteiger partial charge in [-0.1, -0.05) is 29.4 Å². The highest BCUT2D eigenvalue weighted by Gasteiger charge is 2.36. The molecule has 33 heavy (non-hydrogen) atoms. The van der Waals surface area contributed by atoms with Crippen LogP contribution in [0.1, 0.15) is 41.5 Å². The number of ether oxygens (including phenoxy) is 1. The topological polar surface area (TPSA) is 88.7 Å². The van der Waals surface area contributed by atoms with Gasteiger partial charge in [-0.3, -0.25) is 4.90 Å². The molecule has 0 saturated carbocycles. The van der Waals surface area contributed by atoms with Crippen molar-refractivity contribution in [2.75, 3.05) is 13.7 Å². The number of benzene rings is 2. The van der Waals surface area contributed by atoms with Crippen LogP contribution < -0.4 is 4.74 Å². The molecule has 1 atom stereocenters. The van der Waals surface area contributed by atoms with E-state index < -0.39 is 23.9 Å². The third-order valence-electron chi connectivity index (χ3n) is 5.74. The minimum atomic E-state index is -4.55. The van der Waals surface area contributed by atoms with E-state index in [4.69, 9.17) is 9.26 Å². The quantitative estimate of drug-likeness (QED) is 0.531. The fourth-order valence-corrected chi connectivity index (χ4v) is 4.01. The van der Waals surface area contributed by atoms with E-state index >= 15 is 0 Å². The summed E-state index contributed by atoms with van der Waals surface area (Å²) in [5.41, 5.74) is 0.465. The minimum Gasteiger partial charge on any atom is -0.497 e. The Bertz CT molecular complexity index is 1130. The van der Waals surface area contributed by atoms with Crippen molar-refractivity contribution in [1.82, 2.24) is 15.0 Å². The number of methoxy groups -OCH3 is 1. The third-order valence-corrected chi connectivity index (χ3v) is 5.74. The van der Waals surface area contributed by atoms with Crippen LogP contribution in [-0.4, -0.2) is 39.9 Å². The normalized spacial score (nSPS) is 16.2. The molecule has 1 aliphatic heterocycles. The number of carboxylic acid groups (broad SMARTS) is 1. The SMILES string of the molecule is COc1ccc(CCc2ccc(-c3noc([C@@H]4CCCN4C(=O)O)n3)cc2C(F)(F)F)cc1. The summed E-state index contributed by atoms with van der Waals surface area (Å²) >= 11 is 0. The van der Waals surface area contributed by atoms with Gasteiger partial charge in [0.15, 0.2) is 0 Å².